The van der Waals surface area contributed by atoms with Gasteiger partial charge in [0.2, 0.25) is 0 Å². The van der Waals surface area contributed by atoms with Gasteiger partial charge in [0, 0.05) is 41.6 Å². The lowest BCUT2D eigenvalue weighted by molar-refractivity contribution is -0.153. The predicted molar refractivity (Wildman–Crippen MR) is 104 cm³/mol. The zero-order valence-corrected chi connectivity index (χ0v) is 17.8. The van der Waals surface area contributed by atoms with Crippen LogP contribution in [0.25, 0.3) is 0 Å². The molecule has 0 aromatic heterocycles. The lowest BCUT2D eigenvalue weighted by atomic mass is 9.74. The summed E-state index contributed by atoms with van der Waals surface area (Å²) in [6.45, 7) is 0. The van der Waals surface area contributed by atoms with Gasteiger partial charge in [-0.3, -0.25) is 0 Å². The van der Waals surface area contributed by atoms with Gasteiger partial charge in [0.25, 0.3) is 0 Å². The van der Waals surface area contributed by atoms with Crippen molar-refractivity contribution < 1.29 is 33.9 Å². The van der Waals surface area contributed by atoms with Crippen molar-refractivity contribution in [2.24, 2.45) is 17.6 Å². The normalized spacial score (nSPS) is 41.6. The van der Waals surface area contributed by atoms with E-state index in [1.54, 1.807) is 35.5 Å². The van der Waals surface area contributed by atoms with E-state index in [0.717, 1.165) is 0 Å². The highest BCUT2D eigenvalue weighted by Gasteiger charge is 2.43. The molecular weight excluding hydrogens is 366 g/mol. The summed E-state index contributed by atoms with van der Waals surface area (Å²) in [5, 5.41) is 21.2. The van der Waals surface area contributed by atoms with Crippen LogP contribution in [-0.4, -0.2) is 94.5 Å². The van der Waals surface area contributed by atoms with Crippen LogP contribution in [0.5, 0.6) is 0 Å². The Morgan fingerprint density at radius 2 is 1.18 bits per heavy atom. The molecule has 0 aromatic carbocycles. The number of rotatable bonds is 9. The van der Waals surface area contributed by atoms with Gasteiger partial charge in [-0.05, 0) is 43.9 Å². The molecule has 0 radical (unpaired) electrons. The fourth-order valence-corrected chi connectivity index (χ4v) is 4.97. The number of aliphatic hydroxyl groups is 2. The molecular formula is C20H39NO7. The van der Waals surface area contributed by atoms with Gasteiger partial charge in [-0.1, -0.05) is 0 Å². The summed E-state index contributed by atoms with van der Waals surface area (Å²) >= 11 is 0. The molecule has 166 valence electrons. The minimum Gasteiger partial charge on any atom is -0.393 e. The number of nitrogens with two attached hydrogens (primary N) is 1. The summed E-state index contributed by atoms with van der Waals surface area (Å²) < 4.78 is 27.6. The third-order valence-electron chi connectivity index (χ3n) is 6.78. The predicted octanol–water partition coefficient (Wildman–Crippen LogP) is 0.321. The molecule has 0 spiro atoms. The molecule has 6 atom stereocenters. The Kier molecular flexibility index (Phi) is 9.56. The molecule has 2 aliphatic rings. The second kappa shape index (κ2) is 11.2. The molecule has 0 saturated heterocycles. The van der Waals surface area contributed by atoms with E-state index in [2.05, 4.69) is 0 Å². The Morgan fingerprint density at radius 3 is 1.57 bits per heavy atom. The van der Waals surface area contributed by atoms with Crippen LogP contribution in [0.2, 0.25) is 0 Å². The van der Waals surface area contributed by atoms with Gasteiger partial charge in [0.05, 0.1) is 30.5 Å². The number of hydrogen-bond donors (Lipinski definition) is 3. The Balaban J connectivity index is 1.98. The summed E-state index contributed by atoms with van der Waals surface area (Å²) in [5.74, 6) is 0.137. The standard InChI is InChI=1S/C20H39NO7/c1-24-15-6-11(7-16(25-2)19(15)23)13(21)10-14(22)12-8-17(26-3)20(28-5)18(9-12)27-4/h11-20,22-23H,6-10,21H2,1-5H3. The largest absolute Gasteiger partial charge is 0.393 e. The number of hydrogen-bond acceptors (Lipinski definition) is 8. The zero-order chi connectivity index (χ0) is 20.8. The Hall–Kier alpha value is -0.320. The van der Waals surface area contributed by atoms with Crippen molar-refractivity contribution in [1.82, 2.24) is 0 Å². The third kappa shape index (κ3) is 5.43. The third-order valence-corrected chi connectivity index (χ3v) is 6.78. The first kappa shape index (κ1) is 24.0. The summed E-state index contributed by atoms with van der Waals surface area (Å²) in [7, 11) is 8.16. The lowest BCUT2D eigenvalue weighted by Crippen LogP contribution is -2.52. The smallest absolute Gasteiger partial charge is 0.109 e. The van der Waals surface area contributed by atoms with E-state index in [9.17, 15) is 10.2 Å². The number of aliphatic hydroxyl groups excluding tert-OH is 2. The van der Waals surface area contributed by atoms with E-state index in [1.807, 2.05) is 0 Å². The van der Waals surface area contributed by atoms with Crippen molar-refractivity contribution in [3.8, 4) is 0 Å². The van der Waals surface area contributed by atoms with Crippen LogP contribution >= 0.6 is 0 Å². The van der Waals surface area contributed by atoms with Crippen LogP contribution in [0.3, 0.4) is 0 Å². The minimum absolute atomic E-state index is 0.0259. The molecule has 0 bridgehead atoms. The van der Waals surface area contributed by atoms with E-state index < -0.39 is 12.2 Å². The highest BCUT2D eigenvalue weighted by atomic mass is 16.6. The highest BCUT2D eigenvalue weighted by molar-refractivity contribution is 4.95. The van der Waals surface area contributed by atoms with Crippen molar-refractivity contribution in [2.45, 2.75) is 80.9 Å². The van der Waals surface area contributed by atoms with Gasteiger partial charge in [-0.25, -0.2) is 0 Å². The van der Waals surface area contributed by atoms with Gasteiger partial charge in [0.15, 0.2) is 0 Å². The highest BCUT2D eigenvalue weighted by Crippen LogP contribution is 2.36. The van der Waals surface area contributed by atoms with Crippen LogP contribution < -0.4 is 5.73 Å². The second-order valence-corrected chi connectivity index (χ2v) is 8.22. The van der Waals surface area contributed by atoms with Crippen molar-refractivity contribution in [2.75, 3.05) is 35.5 Å². The zero-order valence-electron chi connectivity index (χ0n) is 17.8. The molecule has 8 nitrogen and oxygen atoms in total. The average molecular weight is 406 g/mol. The molecule has 2 rings (SSSR count). The van der Waals surface area contributed by atoms with Gasteiger partial charge < -0.3 is 39.6 Å². The van der Waals surface area contributed by atoms with Crippen LogP contribution in [0.4, 0.5) is 0 Å². The van der Waals surface area contributed by atoms with Crippen molar-refractivity contribution in [3.05, 3.63) is 0 Å². The molecule has 2 saturated carbocycles. The van der Waals surface area contributed by atoms with E-state index >= 15 is 0 Å². The van der Waals surface area contributed by atoms with Crippen molar-refractivity contribution >= 4 is 0 Å². The lowest BCUT2D eigenvalue weighted by Gasteiger charge is -2.43. The summed E-state index contributed by atoms with van der Waals surface area (Å²) in [5.41, 5.74) is 6.48. The number of ether oxygens (including phenoxy) is 5. The fraction of sp³-hybridized carbons (Fsp3) is 1.00. The van der Waals surface area contributed by atoms with Gasteiger partial charge >= 0.3 is 0 Å². The average Bonchev–Trinajstić information content (AvgIpc) is 2.72. The topological polar surface area (TPSA) is 113 Å². The maximum absolute atomic E-state index is 10.9. The van der Waals surface area contributed by atoms with Crippen LogP contribution in [0.15, 0.2) is 0 Å². The summed E-state index contributed by atoms with van der Waals surface area (Å²) in [6.07, 6.45) is 0.974. The molecule has 6 unspecified atom stereocenters. The molecule has 0 aliphatic heterocycles. The Bertz CT molecular complexity index is 426. The van der Waals surface area contributed by atoms with Crippen LogP contribution in [0, 0.1) is 11.8 Å². The van der Waals surface area contributed by atoms with Crippen LogP contribution in [-0.2, 0) is 23.7 Å². The van der Waals surface area contributed by atoms with Crippen molar-refractivity contribution in [3.63, 3.8) is 0 Å². The molecule has 28 heavy (non-hydrogen) atoms. The second-order valence-electron chi connectivity index (χ2n) is 8.22. The van der Waals surface area contributed by atoms with Gasteiger partial charge in [0.1, 0.15) is 12.2 Å². The maximum atomic E-state index is 10.9. The number of methoxy groups -OCH3 is 5. The molecule has 4 N–H and O–H groups in total. The molecule has 0 amide bonds. The van der Waals surface area contributed by atoms with Crippen molar-refractivity contribution in [1.29, 1.82) is 0 Å². The Morgan fingerprint density at radius 1 is 0.750 bits per heavy atom. The van der Waals surface area contributed by atoms with Gasteiger partial charge in [-0.2, -0.15) is 0 Å². The van der Waals surface area contributed by atoms with E-state index in [0.29, 0.717) is 32.1 Å². The molecule has 0 aromatic rings. The first-order valence-electron chi connectivity index (χ1n) is 10.2. The summed E-state index contributed by atoms with van der Waals surface area (Å²) in [4.78, 5) is 0. The van der Waals surface area contributed by atoms with Gasteiger partial charge in [-0.15, -0.1) is 0 Å². The molecule has 8 heteroatoms. The monoisotopic (exact) mass is 405 g/mol. The first-order valence-corrected chi connectivity index (χ1v) is 10.2. The minimum atomic E-state index is -0.655. The maximum Gasteiger partial charge on any atom is 0.109 e. The SMILES string of the molecule is COC1CC(C(N)CC(O)C2CC(OC)C(OC)C(OC)C2)CC(OC)C1O. The van der Waals surface area contributed by atoms with E-state index in [1.165, 1.54) is 0 Å². The van der Waals surface area contributed by atoms with Crippen LogP contribution in [0.1, 0.15) is 32.1 Å². The quantitative estimate of drug-likeness (QED) is 0.503. The molecule has 2 fully saturated rings. The first-order chi connectivity index (χ1) is 13.4. The summed E-state index contributed by atoms with van der Waals surface area (Å²) in [6, 6.07) is -0.208. The molecule has 2 aliphatic carbocycles. The van der Waals surface area contributed by atoms with E-state index in [4.69, 9.17) is 29.4 Å². The molecule has 0 heterocycles. The van der Waals surface area contributed by atoms with E-state index in [-0.39, 0.29) is 48.4 Å². The Labute approximate surface area is 168 Å². The fourth-order valence-electron chi connectivity index (χ4n) is 4.97.